The monoisotopic (exact) mass is 985 g/mol. The molecule has 0 aromatic heterocycles. The van der Waals surface area contributed by atoms with Crippen LogP contribution in [0.1, 0.15) is 218 Å². The van der Waals surface area contributed by atoms with Crippen LogP contribution in [0.5, 0.6) is 0 Å². The molecule has 7 aromatic carbocycles. The third kappa shape index (κ3) is 13.6. The molecule has 7 aromatic rings. The predicted octanol–water partition coefficient (Wildman–Crippen LogP) is 22.2. The summed E-state index contributed by atoms with van der Waals surface area (Å²) in [6, 6.07) is 57.4. The minimum atomic E-state index is -0.167. The Balaban J connectivity index is 0.000000127. The van der Waals surface area contributed by atoms with Crippen LogP contribution in [0.25, 0.3) is 44.5 Å². The smallest absolute Gasteiger partial charge is 0.131 e. The fraction of sp³-hybridized carbons (Fsp3) is 0.417. The summed E-state index contributed by atoms with van der Waals surface area (Å²) in [5.74, 6) is 3.36. The Morgan fingerprint density at radius 1 is 0.216 bits per heavy atom. The van der Waals surface area contributed by atoms with E-state index in [0.717, 1.165) is 39.7 Å². The summed E-state index contributed by atoms with van der Waals surface area (Å²) in [6.07, 6.45) is 33.8. The molecule has 5 saturated carbocycles. The van der Waals surface area contributed by atoms with Gasteiger partial charge in [0.05, 0.1) is 0 Å². The fourth-order valence-electron chi connectivity index (χ4n) is 13.5. The summed E-state index contributed by atoms with van der Waals surface area (Å²) < 4.78 is 29.3. The van der Waals surface area contributed by atoms with E-state index < -0.39 is 0 Å². The zero-order valence-electron chi connectivity index (χ0n) is 44.4. The quantitative estimate of drug-likeness (QED) is 0.135. The first kappa shape index (κ1) is 51.9. The molecule has 0 nitrogen and oxygen atoms in total. The predicted molar refractivity (Wildman–Crippen MR) is 310 cm³/mol. The second-order valence-corrected chi connectivity index (χ2v) is 23.0. The van der Waals surface area contributed by atoms with E-state index in [9.17, 15) is 8.78 Å². The maximum Gasteiger partial charge on any atom is 0.131 e. The summed E-state index contributed by atoms with van der Waals surface area (Å²) in [5, 5.41) is 0. The van der Waals surface area contributed by atoms with Crippen molar-refractivity contribution in [3.63, 3.8) is 0 Å². The number of halogens is 2. The Bertz CT molecular complexity index is 2700. The van der Waals surface area contributed by atoms with Gasteiger partial charge in [0.15, 0.2) is 0 Å². The second-order valence-electron chi connectivity index (χ2n) is 23.0. The molecular formula is C72H82F2. The van der Waals surface area contributed by atoms with Crippen LogP contribution in [-0.2, 0) is 0 Å². The van der Waals surface area contributed by atoms with Crippen molar-refractivity contribution in [3.8, 4) is 44.5 Å². The molecule has 0 saturated heterocycles. The molecule has 74 heavy (non-hydrogen) atoms. The van der Waals surface area contributed by atoms with Gasteiger partial charge < -0.3 is 0 Å². The average molecular weight is 985 g/mol. The van der Waals surface area contributed by atoms with Gasteiger partial charge in [0, 0.05) is 11.1 Å². The van der Waals surface area contributed by atoms with Crippen LogP contribution in [-0.4, -0.2) is 0 Å². The van der Waals surface area contributed by atoms with Crippen molar-refractivity contribution in [3.05, 3.63) is 203 Å². The highest BCUT2D eigenvalue weighted by Gasteiger charge is 2.21. The van der Waals surface area contributed by atoms with E-state index in [4.69, 9.17) is 0 Å². The van der Waals surface area contributed by atoms with E-state index in [1.165, 1.54) is 188 Å². The van der Waals surface area contributed by atoms with E-state index in [1.807, 2.05) is 48.5 Å². The average Bonchev–Trinajstić information content (AvgIpc) is 3.49. The van der Waals surface area contributed by atoms with E-state index in [-0.39, 0.29) is 11.6 Å². The lowest BCUT2D eigenvalue weighted by Gasteiger charge is -2.23. The summed E-state index contributed by atoms with van der Waals surface area (Å²) in [4.78, 5) is 0. The van der Waals surface area contributed by atoms with Gasteiger partial charge in [-0.15, -0.1) is 0 Å². The lowest BCUT2D eigenvalue weighted by atomic mass is 9.83. The van der Waals surface area contributed by atoms with Crippen molar-refractivity contribution in [2.45, 2.75) is 190 Å². The lowest BCUT2D eigenvalue weighted by Crippen LogP contribution is -2.05. The van der Waals surface area contributed by atoms with E-state index in [0.29, 0.717) is 23.3 Å². The fourth-order valence-corrected chi connectivity index (χ4v) is 13.5. The molecular weight excluding hydrogens is 903 g/mol. The lowest BCUT2D eigenvalue weighted by molar-refractivity contribution is 0.442. The molecule has 0 aliphatic heterocycles. The molecule has 5 fully saturated rings. The first-order chi connectivity index (χ1) is 36.5. The molecule has 0 N–H and O–H groups in total. The number of hydrogen-bond acceptors (Lipinski definition) is 0. The van der Waals surface area contributed by atoms with Crippen LogP contribution in [0.15, 0.2) is 164 Å². The van der Waals surface area contributed by atoms with Crippen molar-refractivity contribution in [2.75, 3.05) is 0 Å². The van der Waals surface area contributed by atoms with Crippen molar-refractivity contribution < 1.29 is 8.78 Å². The molecule has 0 atom stereocenters. The summed E-state index contributed by atoms with van der Waals surface area (Å²) in [5.41, 5.74) is 15.2. The van der Waals surface area contributed by atoms with Gasteiger partial charge in [0.2, 0.25) is 0 Å². The topological polar surface area (TPSA) is 0 Å². The standard InChI is InChI=1S/C24H23F.C24H29F.C24H30/c25-24-17-22(15-16-23(24)21-9-5-2-6-10-21)20-13-11-19(12-14-20)18-7-3-1-4-8-18;25-24-17-22(19-9-5-2-6-10-19)15-16-23(24)21-13-11-20(12-14-21)18-7-3-1-4-8-18;1-3-7-19(8-4-1)21-11-15-23(16-12-21)24-17-13-22(14-18-24)20-9-5-2-6-10-20/h2,5-6,9-18H,1,3-4,7-8H2;11-19H,1-10H2;11-20H,1-10H2. The molecule has 0 amide bonds. The van der Waals surface area contributed by atoms with Gasteiger partial charge in [0.1, 0.15) is 11.6 Å². The zero-order valence-corrected chi connectivity index (χ0v) is 44.4. The Morgan fingerprint density at radius 2 is 0.473 bits per heavy atom. The largest absolute Gasteiger partial charge is 0.206 e. The van der Waals surface area contributed by atoms with Crippen molar-refractivity contribution >= 4 is 0 Å². The molecule has 0 radical (unpaired) electrons. The zero-order chi connectivity index (χ0) is 50.3. The summed E-state index contributed by atoms with van der Waals surface area (Å²) in [6.45, 7) is 0. The summed E-state index contributed by atoms with van der Waals surface area (Å²) in [7, 11) is 0. The van der Waals surface area contributed by atoms with Gasteiger partial charge in [0.25, 0.3) is 0 Å². The number of benzene rings is 7. The van der Waals surface area contributed by atoms with Crippen molar-refractivity contribution in [2.24, 2.45) is 0 Å². The molecule has 5 aliphatic carbocycles. The Labute approximate surface area is 444 Å². The van der Waals surface area contributed by atoms with Gasteiger partial charge >= 0.3 is 0 Å². The minimum absolute atomic E-state index is 0.0616. The van der Waals surface area contributed by atoms with E-state index >= 15 is 0 Å². The van der Waals surface area contributed by atoms with Crippen LogP contribution < -0.4 is 0 Å². The maximum atomic E-state index is 14.7. The van der Waals surface area contributed by atoms with Gasteiger partial charge in [-0.2, -0.15) is 0 Å². The van der Waals surface area contributed by atoms with Crippen molar-refractivity contribution in [1.29, 1.82) is 0 Å². The normalized spacial score (nSPS) is 18.4. The van der Waals surface area contributed by atoms with Gasteiger partial charge in [-0.1, -0.05) is 248 Å². The maximum absolute atomic E-state index is 14.7. The molecule has 384 valence electrons. The van der Waals surface area contributed by atoms with Crippen LogP contribution in [0.2, 0.25) is 0 Å². The third-order valence-corrected chi connectivity index (χ3v) is 18.1. The highest BCUT2D eigenvalue weighted by Crippen LogP contribution is 2.39. The Hall–Kier alpha value is -5.60. The first-order valence-corrected chi connectivity index (χ1v) is 29.6. The van der Waals surface area contributed by atoms with Crippen LogP contribution >= 0.6 is 0 Å². The molecule has 0 spiro atoms. The van der Waals surface area contributed by atoms with E-state index in [2.05, 4.69) is 103 Å². The van der Waals surface area contributed by atoms with Gasteiger partial charge in [-0.3, -0.25) is 0 Å². The molecule has 0 unspecified atom stereocenters. The van der Waals surface area contributed by atoms with Crippen LogP contribution in [0.4, 0.5) is 8.78 Å². The highest BCUT2D eigenvalue weighted by atomic mass is 19.1. The number of hydrogen-bond donors (Lipinski definition) is 0. The minimum Gasteiger partial charge on any atom is -0.206 e. The third-order valence-electron chi connectivity index (χ3n) is 18.1. The number of rotatable bonds is 9. The first-order valence-electron chi connectivity index (χ1n) is 29.6. The molecule has 5 aliphatic rings. The van der Waals surface area contributed by atoms with Crippen LogP contribution in [0, 0.1) is 11.6 Å². The Morgan fingerprint density at radius 3 is 0.811 bits per heavy atom. The molecule has 0 bridgehead atoms. The SMILES string of the molecule is Fc1cc(-c2ccc(C3CCCCC3)cc2)ccc1-c1ccccc1.Fc1cc(C2CCCCC2)ccc1-c1ccc(C2CCCCC2)cc1.c1cc(C2CCCCC2)ccc1-c1ccc(C2CCCCC2)cc1. The van der Waals surface area contributed by atoms with E-state index in [1.54, 1.807) is 23.3 Å². The Kier molecular flexibility index (Phi) is 18.4. The molecule has 0 heterocycles. The van der Waals surface area contributed by atoms with Gasteiger partial charge in [-0.05, 0) is 167 Å². The van der Waals surface area contributed by atoms with Gasteiger partial charge in [-0.25, -0.2) is 8.78 Å². The van der Waals surface area contributed by atoms with Crippen LogP contribution in [0.3, 0.4) is 0 Å². The summed E-state index contributed by atoms with van der Waals surface area (Å²) >= 11 is 0. The second kappa shape index (κ2) is 26.2. The highest BCUT2D eigenvalue weighted by molar-refractivity contribution is 5.71. The van der Waals surface area contributed by atoms with Crippen molar-refractivity contribution in [1.82, 2.24) is 0 Å². The molecule has 12 rings (SSSR count). The molecule has 2 heteroatoms.